The molecule has 0 aliphatic rings. The molecule has 0 fully saturated rings. The summed E-state index contributed by atoms with van der Waals surface area (Å²) < 4.78 is 0. The molecule has 0 radical (unpaired) electrons. The number of rotatable bonds is 14. The van der Waals surface area contributed by atoms with E-state index in [9.17, 15) is 29.4 Å². The Balaban J connectivity index is 2.24. The van der Waals surface area contributed by atoms with Crippen molar-refractivity contribution >= 4 is 23.7 Å². The molecule has 208 valence electrons. The van der Waals surface area contributed by atoms with Crippen molar-refractivity contribution in [2.24, 2.45) is 17.6 Å². The average Bonchev–Trinajstić information content (AvgIpc) is 3.39. The van der Waals surface area contributed by atoms with Gasteiger partial charge in [-0.3, -0.25) is 14.4 Å². The van der Waals surface area contributed by atoms with Gasteiger partial charge in [0.05, 0.1) is 12.4 Å². The molecule has 0 saturated heterocycles. The fraction of sp³-hybridized carbons (Fsp3) is 0.500. The predicted octanol–water partition coefficient (Wildman–Crippen LogP) is 0.469. The highest BCUT2D eigenvalue weighted by Gasteiger charge is 2.33. The van der Waals surface area contributed by atoms with Gasteiger partial charge in [-0.1, -0.05) is 46.2 Å². The van der Waals surface area contributed by atoms with E-state index in [1.165, 1.54) is 24.7 Å². The molecule has 5 unspecified atom stereocenters. The van der Waals surface area contributed by atoms with Crippen LogP contribution in [0.5, 0.6) is 5.75 Å². The number of imidazole rings is 1. The molecule has 1 aromatic heterocycles. The quantitative estimate of drug-likeness (QED) is 0.183. The van der Waals surface area contributed by atoms with Gasteiger partial charge in [-0.25, -0.2) is 9.78 Å². The molecule has 2 aromatic rings. The fourth-order valence-corrected chi connectivity index (χ4v) is 3.68. The third kappa shape index (κ3) is 8.87. The third-order valence-corrected chi connectivity index (χ3v) is 6.42. The molecular weight excluding hydrogens is 492 g/mol. The lowest BCUT2D eigenvalue weighted by Gasteiger charge is -2.28. The topological polar surface area (TPSA) is 200 Å². The number of hydrogen-bond donors (Lipinski definition) is 7. The Hall–Kier alpha value is -3.93. The summed E-state index contributed by atoms with van der Waals surface area (Å²) >= 11 is 0. The Morgan fingerprint density at radius 2 is 1.58 bits per heavy atom. The number of nitrogens with one attached hydrogen (secondary N) is 4. The zero-order chi connectivity index (χ0) is 28.4. The zero-order valence-electron chi connectivity index (χ0n) is 22.1. The lowest BCUT2D eigenvalue weighted by Crippen LogP contribution is -2.59. The molecule has 1 aromatic carbocycles. The zero-order valence-corrected chi connectivity index (χ0v) is 22.1. The van der Waals surface area contributed by atoms with Crippen LogP contribution < -0.4 is 21.7 Å². The van der Waals surface area contributed by atoms with E-state index in [1.54, 1.807) is 32.9 Å². The normalized spacial score (nSPS) is 15.1. The van der Waals surface area contributed by atoms with Crippen LogP contribution in [0.1, 0.15) is 45.4 Å². The minimum atomic E-state index is -1.25. The van der Waals surface area contributed by atoms with Gasteiger partial charge in [-0.15, -0.1) is 0 Å². The molecular formula is C26H38N6O6. The minimum absolute atomic E-state index is 0.0190. The Labute approximate surface area is 221 Å². The molecule has 0 bridgehead atoms. The number of aromatic amines is 1. The van der Waals surface area contributed by atoms with Crippen LogP contribution in [0.15, 0.2) is 36.8 Å². The van der Waals surface area contributed by atoms with Crippen molar-refractivity contribution < 1.29 is 29.4 Å². The SMILES string of the molecule is CCC(C)C(NC(=O)C(Cc1ccc(O)cc1)NC(=O)C(N)C(C)C)C(=O)NC(Cc1cnc[nH]1)C(=O)O. The molecule has 0 aliphatic carbocycles. The highest BCUT2D eigenvalue weighted by Crippen LogP contribution is 2.14. The van der Waals surface area contributed by atoms with Crippen LogP contribution in [-0.4, -0.2) is 68.0 Å². The minimum Gasteiger partial charge on any atom is -0.508 e. The fourth-order valence-electron chi connectivity index (χ4n) is 3.68. The molecule has 3 amide bonds. The van der Waals surface area contributed by atoms with Gasteiger partial charge in [-0.2, -0.15) is 0 Å². The van der Waals surface area contributed by atoms with Gasteiger partial charge < -0.3 is 36.9 Å². The number of aliphatic carboxylic acids is 1. The first-order valence-electron chi connectivity index (χ1n) is 12.6. The monoisotopic (exact) mass is 530 g/mol. The lowest BCUT2D eigenvalue weighted by molar-refractivity contribution is -0.142. The molecule has 1 heterocycles. The lowest BCUT2D eigenvalue weighted by atomic mass is 9.96. The molecule has 12 heteroatoms. The molecule has 8 N–H and O–H groups in total. The van der Waals surface area contributed by atoms with Crippen LogP contribution in [0.2, 0.25) is 0 Å². The van der Waals surface area contributed by atoms with E-state index in [-0.39, 0.29) is 30.4 Å². The maximum absolute atomic E-state index is 13.4. The summed E-state index contributed by atoms with van der Waals surface area (Å²) in [6.07, 6.45) is 3.45. The number of carboxylic acids is 1. The summed E-state index contributed by atoms with van der Waals surface area (Å²) in [5, 5.41) is 27.1. The number of nitrogens with two attached hydrogens (primary N) is 1. The van der Waals surface area contributed by atoms with Gasteiger partial charge in [0.25, 0.3) is 0 Å². The van der Waals surface area contributed by atoms with Crippen LogP contribution in [0, 0.1) is 11.8 Å². The van der Waals surface area contributed by atoms with Gasteiger partial charge in [0, 0.05) is 24.7 Å². The van der Waals surface area contributed by atoms with E-state index in [4.69, 9.17) is 5.73 Å². The second-order valence-electron chi connectivity index (χ2n) is 9.75. The van der Waals surface area contributed by atoms with Crippen LogP contribution in [-0.2, 0) is 32.0 Å². The maximum atomic E-state index is 13.4. The van der Waals surface area contributed by atoms with Crippen molar-refractivity contribution in [2.75, 3.05) is 0 Å². The van der Waals surface area contributed by atoms with Crippen molar-refractivity contribution in [1.29, 1.82) is 0 Å². The van der Waals surface area contributed by atoms with E-state index in [0.717, 1.165) is 0 Å². The van der Waals surface area contributed by atoms with Gasteiger partial charge in [0.1, 0.15) is 23.9 Å². The summed E-state index contributed by atoms with van der Waals surface area (Å²) in [6, 6.07) is 1.94. The molecule has 38 heavy (non-hydrogen) atoms. The molecule has 0 saturated carbocycles. The smallest absolute Gasteiger partial charge is 0.326 e. The Morgan fingerprint density at radius 1 is 0.947 bits per heavy atom. The molecule has 5 atom stereocenters. The number of aromatic hydroxyl groups is 1. The number of nitrogens with zero attached hydrogens (tertiary/aromatic N) is 1. The van der Waals surface area contributed by atoms with E-state index in [2.05, 4.69) is 25.9 Å². The first-order valence-corrected chi connectivity index (χ1v) is 12.6. The summed E-state index contributed by atoms with van der Waals surface area (Å²) in [5.41, 5.74) is 7.17. The van der Waals surface area contributed by atoms with Gasteiger partial charge >= 0.3 is 5.97 Å². The van der Waals surface area contributed by atoms with E-state index < -0.39 is 47.9 Å². The molecule has 0 aliphatic heterocycles. The van der Waals surface area contributed by atoms with E-state index in [1.807, 2.05) is 6.92 Å². The highest BCUT2D eigenvalue weighted by molar-refractivity contribution is 5.94. The summed E-state index contributed by atoms with van der Waals surface area (Å²) in [4.78, 5) is 57.8. The van der Waals surface area contributed by atoms with Crippen LogP contribution in [0.4, 0.5) is 0 Å². The Kier molecular flexibility index (Phi) is 11.3. The van der Waals surface area contributed by atoms with Gasteiger partial charge in [-0.05, 0) is 29.5 Å². The number of aromatic nitrogens is 2. The Morgan fingerprint density at radius 3 is 2.11 bits per heavy atom. The van der Waals surface area contributed by atoms with Crippen LogP contribution in [0.25, 0.3) is 0 Å². The van der Waals surface area contributed by atoms with E-state index >= 15 is 0 Å². The number of benzene rings is 1. The summed E-state index contributed by atoms with van der Waals surface area (Å²) in [5.74, 6) is -3.50. The number of hydrogen-bond acceptors (Lipinski definition) is 7. The summed E-state index contributed by atoms with van der Waals surface area (Å²) in [7, 11) is 0. The predicted molar refractivity (Wildman–Crippen MR) is 140 cm³/mol. The third-order valence-electron chi connectivity index (χ3n) is 6.42. The van der Waals surface area contributed by atoms with E-state index in [0.29, 0.717) is 17.7 Å². The number of phenolic OH excluding ortho intramolecular Hbond substituents is 1. The molecule has 2 rings (SSSR count). The number of carbonyl (C=O) groups is 4. The highest BCUT2D eigenvalue weighted by atomic mass is 16.4. The number of amides is 3. The number of carbonyl (C=O) groups excluding carboxylic acids is 3. The van der Waals surface area contributed by atoms with Crippen LogP contribution >= 0.6 is 0 Å². The largest absolute Gasteiger partial charge is 0.508 e. The summed E-state index contributed by atoms with van der Waals surface area (Å²) in [6.45, 7) is 7.17. The second-order valence-corrected chi connectivity index (χ2v) is 9.75. The molecule has 0 spiro atoms. The van der Waals surface area contributed by atoms with Crippen molar-refractivity contribution in [3.63, 3.8) is 0 Å². The maximum Gasteiger partial charge on any atom is 0.326 e. The first kappa shape index (κ1) is 30.3. The number of phenols is 1. The number of carboxylic acid groups (broad SMARTS) is 1. The van der Waals surface area contributed by atoms with Gasteiger partial charge in [0.15, 0.2) is 0 Å². The Bertz CT molecular complexity index is 1070. The number of H-pyrrole nitrogens is 1. The van der Waals surface area contributed by atoms with Crippen molar-refractivity contribution in [1.82, 2.24) is 25.9 Å². The average molecular weight is 531 g/mol. The van der Waals surface area contributed by atoms with Crippen molar-refractivity contribution in [2.45, 2.75) is 71.1 Å². The van der Waals surface area contributed by atoms with Crippen molar-refractivity contribution in [3.05, 3.63) is 48.0 Å². The van der Waals surface area contributed by atoms with Crippen molar-refractivity contribution in [3.8, 4) is 5.75 Å². The standard InChI is InChI=1S/C26H38N6O6/c1-5-15(4)22(25(36)31-20(26(37)38)11-17-12-28-13-29-17)32-23(34)19(30-24(35)21(27)14(2)3)10-16-6-8-18(33)9-7-16/h6-9,12-15,19-22,33H,5,10-11,27H2,1-4H3,(H,28,29)(H,30,35)(H,31,36)(H,32,34)(H,37,38). The first-order chi connectivity index (χ1) is 17.9. The molecule has 12 nitrogen and oxygen atoms in total. The van der Waals surface area contributed by atoms with Crippen LogP contribution in [0.3, 0.4) is 0 Å². The van der Waals surface area contributed by atoms with Gasteiger partial charge in [0.2, 0.25) is 17.7 Å². The second kappa shape index (κ2) is 14.1.